The molecule has 0 aromatic heterocycles. The molecule has 0 fully saturated rings. The van der Waals surface area contributed by atoms with Gasteiger partial charge in [-0.25, -0.2) is 4.79 Å². The zero-order valence-corrected chi connectivity index (χ0v) is 16.7. The Kier molecular flexibility index (Phi) is 7.89. The Morgan fingerprint density at radius 3 is 2.57 bits per heavy atom. The lowest BCUT2D eigenvalue weighted by Gasteiger charge is -2.18. The number of rotatable bonds is 8. The molecule has 148 valence electrons. The molecule has 0 unspecified atom stereocenters. The van der Waals surface area contributed by atoms with Crippen LogP contribution >= 0.6 is 11.6 Å². The molecule has 6 nitrogen and oxygen atoms in total. The number of nitrogens with one attached hydrogen (secondary N) is 1. The van der Waals surface area contributed by atoms with Crippen LogP contribution in [0.5, 0.6) is 11.5 Å². The fourth-order valence-electron chi connectivity index (χ4n) is 2.49. The van der Waals surface area contributed by atoms with Gasteiger partial charge < -0.3 is 19.5 Å². The number of carbonyl (C=O) groups is 2. The van der Waals surface area contributed by atoms with Gasteiger partial charge in [-0.15, -0.1) is 0 Å². The summed E-state index contributed by atoms with van der Waals surface area (Å²) in [6.45, 7) is 1.40. The van der Waals surface area contributed by atoms with Gasteiger partial charge in [0.15, 0.2) is 6.61 Å². The lowest BCUT2D eigenvalue weighted by atomic mass is 10.1. The number of amides is 1. The van der Waals surface area contributed by atoms with Crippen molar-refractivity contribution in [2.24, 2.45) is 0 Å². The molecule has 0 heterocycles. The minimum atomic E-state index is -0.637. The van der Waals surface area contributed by atoms with Crippen LogP contribution in [0.1, 0.15) is 24.1 Å². The van der Waals surface area contributed by atoms with Gasteiger partial charge in [0.1, 0.15) is 11.5 Å². The van der Waals surface area contributed by atoms with E-state index in [1.54, 1.807) is 63.6 Å². The van der Waals surface area contributed by atoms with E-state index in [0.29, 0.717) is 22.1 Å². The minimum absolute atomic E-state index is 0.366. The standard InChI is InChI=1S/C21H22ClNO5/c1-14(17-12-16(26-2)9-10-19(17)27-3)23-20(24)13-28-21(25)11-8-15-6-4-5-7-18(15)22/h4-12,14H,13H2,1-3H3,(H,23,24)/b11-8+/t14-/m0/s1. The monoisotopic (exact) mass is 403 g/mol. The van der Waals surface area contributed by atoms with E-state index in [-0.39, 0.29) is 6.04 Å². The quantitative estimate of drug-likeness (QED) is 0.536. The average molecular weight is 404 g/mol. The molecule has 0 radical (unpaired) electrons. The number of halogens is 1. The first-order valence-corrected chi connectivity index (χ1v) is 8.93. The Morgan fingerprint density at radius 2 is 1.89 bits per heavy atom. The predicted molar refractivity (Wildman–Crippen MR) is 108 cm³/mol. The summed E-state index contributed by atoms with van der Waals surface area (Å²) in [5, 5.41) is 3.28. The summed E-state index contributed by atoms with van der Waals surface area (Å²) in [5.41, 5.74) is 1.43. The fourth-order valence-corrected chi connectivity index (χ4v) is 2.69. The molecule has 1 amide bonds. The third-order valence-corrected chi connectivity index (χ3v) is 4.27. The van der Waals surface area contributed by atoms with Gasteiger partial charge in [-0.1, -0.05) is 29.8 Å². The molecular formula is C21H22ClNO5. The van der Waals surface area contributed by atoms with Gasteiger partial charge >= 0.3 is 5.97 Å². The van der Waals surface area contributed by atoms with Crippen molar-refractivity contribution >= 4 is 29.6 Å². The summed E-state index contributed by atoms with van der Waals surface area (Å²) < 4.78 is 15.5. The number of carbonyl (C=O) groups excluding carboxylic acids is 2. The van der Waals surface area contributed by atoms with Crippen molar-refractivity contribution in [1.82, 2.24) is 5.32 Å². The third kappa shape index (κ3) is 6.03. The van der Waals surface area contributed by atoms with Crippen molar-refractivity contribution in [2.75, 3.05) is 20.8 Å². The van der Waals surface area contributed by atoms with E-state index in [1.165, 1.54) is 12.2 Å². The number of benzene rings is 2. The van der Waals surface area contributed by atoms with Crippen LogP contribution in [0.2, 0.25) is 5.02 Å². The summed E-state index contributed by atoms with van der Waals surface area (Å²) >= 11 is 6.01. The summed E-state index contributed by atoms with van der Waals surface area (Å²) in [7, 11) is 3.11. The number of hydrogen-bond acceptors (Lipinski definition) is 5. The zero-order chi connectivity index (χ0) is 20.5. The first-order valence-electron chi connectivity index (χ1n) is 8.55. The molecule has 2 aromatic rings. The van der Waals surface area contributed by atoms with Crippen LogP contribution < -0.4 is 14.8 Å². The maximum atomic E-state index is 12.1. The average Bonchev–Trinajstić information content (AvgIpc) is 2.71. The van der Waals surface area contributed by atoms with Gasteiger partial charge in [0, 0.05) is 16.7 Å². The van der Waals surface area contributed by atoms with Gasteiger partial charge in [0.25, 0.3) is 5.91 Å². The highest BCUT2D eigenvalue weighted by Gasteiger charge is 2.16. The Hall–Kier alpha value is -2.99. The maximum absolute atomic E-state index is 12.1. The molecule has 28 heavy (non-hydrogen) atoms. The van der Waals surface area contributed by atoms with Crippen LogP contribution in [0.3, 0.4) is 0 Å². The second-order valence-corrected chi connectivity index (χ2v) is 6.27. The van der Waals surface area contributed by atoms with E-state index >= 15 is 0 Å². The molecule has 0 aliphatic rings. The van der Waals surface area contributed by atoms with Gasteiger partial charge in [-0.2, -0.15) is 0 Å². The lowest BCUT2D eigenvalue weighted by molar-refractivity contribution is -0.144. The summed E-state index contributed by atoms with van der Waals surface area (Å²) in [6.07, 6.45) is 2.76. The Bertz CT molecular complexity index is 866. The van der Waals surface area contributed by atoms with Gasteiger partial charge in [-0.05, 0) is 42.8 Å². The molecule has 0 spiro atoms. The molecule has 7 heteroatoms. The second-order valence-electron chi connectivity index (χ2n) is 5.86. The third-order valence-electron chi connectivity index (χ3n) is 3.93. The molecule has 0 saturated carbocycles. The van der Waals surface area contributed by atoms with Crippen LogP contribution in [-0.2, 0) is 14.3 Å². The molecule has 0 aliphatic carbocycles. The Balaban J connectivity index is 1.90. The van der Waals surface area contributed by atoms with Crippen LogP contribution in [0, 0.1) is 0 Å². The number of ether oxygens (including phenoxy) is 3. The van der Waals surface area contributed by atoms with E-state index in [2.05, 4.69) is 5.32 Å². The highest BCUT2D eigenvalue weighted by Crippen LogP contribution is 2.29. The first kappa shape index (κ1) is 21.3. The van der Waals surface area contributed by atoms with Gasteiger partial charge in [0.2, 0.25) is 0 Å². The lowest BCUT2D eigenvalue weighted by Crippen LogP contribution is -2.31. The predicted octanol–water partition coefficient (Wildman–Crippen LogP) is 3.79. The normalized spacial score (nSPS) is 11.7. The smallest absolute Gasteiger partial charge is 0.331 e. The topological polar surface area (TPSA) is 73.9 Å². The van der Waals surface area contributed by atoms with Crippen molar-refractivity contribution in [3.05, 3.63) is 64.7 Å². The Labute approximate surface area is 169 Å². The first-order chi connectivity index (χ1) is 13.4. The molecular weight excluding hydrogens is 382 g/mol. The van der Waals surface area contributed by atoms with Crippen molar-refractivity contribution in [3.8, 4) is 11.5 Å². The van der Waals surface area contributed by atoms with Crippen LogP contribution in [0.25, 0.3) is 6.08 Å². The number of methoxy groups -OCH3 is 2. The molecule has 2 rings (SSSR count). The van der Waals surface area contributed by atoms with Crippen LogP contribution in [0.15, 0.2) is 48.5 Å². The zero-order valence-electron chi connectivity index (χ0n) is 15.9. The van der Waals surface area contributed by atoms with E-state index < -0.39 is 18.5 Å². The molecule has 0 saturated heterocycles. The molecule has 2 aromatic carbocycles. The largest absolute Gasteiger partial charge is 0.497 e. The van der Waals surface area contributed by atoms with Crippen LogP contribution in [-0.4, -0.2) is 32.7 Å². The van der Waals surface area contributed by atoms with Crippen LogP contribution in [0.4, 0.5) is 0 Å². The summed E-state index contributed by atoms with van der Waals surface area (Å²) in [5.74, 6) is 0.194. The second kappa shape index (κ2) is 10.4. The van der Waals surface area contributed by atoms with E-state index in [1.807, 2.05) is 0 Å². The van der Waals surface area contributed by atoms with E-state index in [0.717, 1.165) is 5.56 Å². The SMILES string of the molecule is COc1ccc(OC)c([C@H](C)NC(=O)COC(=O)/C=C/c2ccccc2Cl)c1. The maximum Gasteiger partial charge on any atom is 0.331 e. The summed E-state index contributed by atoms with van der Waals surface area (Å²) in [4.78, 5) is 23.9. The summed E-state index contributed by atoms with van der Waals surface area (Å²) in [6, 6.07) is 12.0. The van der Waals surface area contributed by atoms with E-state index in [4.69, 9.17) is 25.8 Å². The van der Waals surface area contributed by atoms with Crippen molar-refractivity contribution in [2.45, 2.75) is 13.0 Å². The minimum Gasteiger partial charge on any atom is -0.497 e. The van der Waals surface area contributed by atoms with E-state index in [9.17, 15) is 9.59 Å². The van der Waals surface area contributed by atoms with Crippen molar-refractivity contribution < 1.29 is 23.8 Å². The van der Waals surface area contributed by atoms with Crippen molar-refractivity contribution in [3.63, 3.8) is 0 Å². The molecule has 1 N–H and O–H groups in total. The van der Waals surface area contributed by atoms with Gasteiger partial charge in [0.05, 0.1) is 20.3 Å². The highest BCUT2D eigenvalue weighted by molar-refractivity contribution is 6.32. The fraction of sp³-hybridized carbons (Fsp3) is 0.238. The van der Waals surface area contributed by atoms with Crippen molar-refractivity contribution in [1.29, 1.82) is 0 Å². The number of esters is 1. The van der Waals surface area contributed by atoms with Gasteiger partial charge in [-0.3, -0.25) is 4.79 Å². The molecule has 0 aliphatic heterocycles. The Morgan fingerprint density at radius 1 is 1.14 bits per heavy atom. The number of hydrogen-bond donors (Lipinski definition) is 1. The molecule has 0 bridgehead atoms. The highest BCUT2D eigenvalue weighted by atomic mass is 35.5. The molecule has 1 atom stereocenters.